The third-order valence-electron chi connectivity index (χ3n) is 8.96. The van der Waals surface area contributed by atoms with Crippen molar-refractivity contribution in [3.8, 4) is 11.4 Å². The molecule has 1 aliphatic carbocycles. The molecule has 214 valence electrons. The average Bonchev–Trinajstić information content (AvgIpc) is 3.69. The zero-order chi connectivity index (χ0) is 28.1. The van der Waals surface area contributed by atoms with Gasteiger partial charge in [0, 0.05) is 61.2 Å². The lowest BCUT2D eigenvalue weighted by Crippen LogP contribution is -2.65. The predicted molar refractivity (Wildman–Crippen MR) is 148 cm³/mol. The molecule has 4 heterocycles. The molecule has 1 saturated carbocycles. The van der Waals surface area contributed by atoms with Gasteiger partial charge in [-0.25, -0.2) is 18.4 Å². The van der Waals surface area contributed by atoms with E-state index in [9.17, 15) is 13.9 Å². The van der Waals surface area contributed by atoms with E-state index in [4.69, 9.17) is 14.8 Å². The summed E-state index contributed by atoms with van der Waals surface area (Å²) in [6, 6.07) is 10.3. The Kier molecular flexibility index (Phi) is 7.25. The van der Waals surface area contributed by atoms with Crippen LogP contribution in [0.25, 0.3) is 11.4 Å². The van der Waals surface area contributed by atoms with Crippen molar-refractivity contribution < 1.29 is 18.6 Å². The van der Waals surface area contributed by atoms with Crippen LogP contribution in [0.3, 0.4) is 0 Å². The smallest absolute Gasteiger partial charge is 0.251 e. The first-order valence-corrected chi connectivity index (χ1v) is 14.5. The van der Waals surface area contributed by atoms with E-state index in [1.165, 1.54) is 5.56 Å². The standard InChI is InChI=1S/C31H39F2N5O2/c1-20(2)21-4-6-24(7-5-21)31(39,30(3)18-37(19-30)17-27(32)33)25-14-23(15-34-16-25)28-35-29(22-10-12-40-13-11-22)38(36-28)26-8-9-26/h4-7,14-16,20,22,26-27,39H,8-13,17-19H2,1-3H3/t31-/m0/s1. The highest BCUT2D eigenvalue weighted by Crippen LogP contribution is 2.51. The molecule has 6 rings (SSSR count). The second kappa shape index (κ2) is 10.6. The molecule has 2 aliphatic heterocycles. The minimum atomic E-state index is -2.41. The number of aromatic nitrogens is 4. The van der Waals surface area contributed by atoms with Gasteiger partial charge in [0.1, 0.15) is 11.4 Å². The summed E-state index contributed by atoms with van der Waals surface area (Å²) in [4.78, 5) is 11.3. The van der Waals surface area contributed by atoms with E-state index >= 15 is 0 Å². The maximum atomic E-state index is 13.2. The summed E-state index contributed by atoms with van der Waals surface area (Å²) in [6.45, 7) is 8.11. The largest absolute Gasteiger partial charge is 0.381 e. The van der Waals surface area contributed by atoms with Gasteiger partial charge in [0.25, 0.3) is 6.43 Å². The van der Waals surface area contributed by atoms with Crippen LogP contribution in [-0.2, 0) is 10.3 Å². The second-order valence-corrected chi connectivity index (χ2v) is 12.4. The van der Waals surface area contributed by atoms with Crippen molar-refractivity contribution in [2.45, 2.75) is 76.4 Å². The highest BCUT2D eigenvalue weighted by molar-refractivity contribution is 5.56. The van der Waals surface area contributed by atoms with Gasteiger partial charge in [-0.05, 0) is 48.8 Å². The van der Waals surface area contributed by atoms with Crippen molar-refractivity contribution >= 4 is 0 Å². The van der Waals surface area contributed by atoms with Crippen LogP contribution in [0.15, 0.2) is 42.7 Å². The third kappa shape index (κ3) is 4.97. The molecule has 0 radical (unpaired) electrons. The summed E-state index contributed by atoms with van der Waals surface area (Å²) < 4.78 is 34.0. The number of hydrogen-bond donors (Lipinski definition) is 1. The number of rotatable bonds is 9. The Morgan fingerprint density at radius 1 is 1.05 bits per heavy atom. The summed E-state index contributed by atoms with van der Waals surface area (Å²) in [5.41, 5.74) is 1.15. The predicted octanol–water partition coefficient (Wildman–Crippen LogP) is 5.52. The van der Waals surface area contributed by atoms with Crippen molar-refractivity contribution in [1.82, 2.24) is 24.6 Å². The first kappa shape index (κ1) is 27.4. The molecule has 0 spiro atoms. The fraction of sp³-hybridized carbons (Fsp3) is 0.581. The Bertz CT molecular complexity index is 1330. The monoisotopic (exact) mass is 551 g/mol. The second-order valence-electron chi connectivity index (χ2n) is 12.4. The van der Waals surface area contributed by atoms with Gasteiger partial charge in [-0.15, -0.1) is 0 Å². The maximum Gasteiger partial charge on any atom is 0.251 e. The van der Waals surface area contributed by atoms with Crippen molar-refractivity contribution in [1.29, 1.82) is 0 Å². The van der Waals surface area contributed by atoms with Crippen molar-refractivity contribution in [2.75, 3.05) is 32.8 Å². The number of likely N-dealkylation sites (tertiary alicyclic amines) is 1. The lowest BCUT2D eigenvalue weighted by atomic mass is 9.62. The molecule has 1 aromatic carbocycles. The molecule has 3 aliphatic rings. The van der Waals surface area contributed by atoms with Crippen molar-refractivity contribution in [3.63, 3.8) is 0 Å². The highest BCUT2D eigenvalue weighted by atomic mass is 19.3. The number of pyridine rings is 1. The lowest BCUT2D eigenvalue weighted by molar-refractivity contribution is -0.144. The van der Waals surface area contributed by atoms with E-state index in [0.29, 0.717) is 42.4 Å². The Morgan fingerprint density at radius 2 is 1.75 bits per heavy atom. The number of hydrogen-bond acceptors (Lipinski definition) is 6. The SMILES string of the molecule is CC(C)c1ccc([C@](O)(c2cncc(-c3nc(C4CCOCC4)n(C4CC4)n3)c2)C2(C)CN(CC(F)F)C2)cc1. The first-order valence-electron chi connectivity index (χ1n) is 14.5. The van der Waals surface area contributed by atoms with E-state index in [1.807, 2.05) is 37.3 Å². The molecule has 3 fully saturated rings. The van der Waals surface area contributed by atoms with E-state index in [0.717, 1.165) is 55.8 Å². The maximum absolute atomic E-state index is 13.2. The van der Waals surface area contributed by atoms with Crippen LogP contribution < -0.4 is 0 Å². The molecule has 7 nitrogen and oxygen atoms in total. The van der Waals surface area contributed by atoms with Gasteiger partial charge in [0.05, 0.1) is 12.6 Å². The van der Waals surface area contributed by atoms with E-state index in [1.54, 1.807) is 17.3 Å². The highest BCUT2D eigenvalue weighted by Gasteiger charge is 2.56. The number of halogens is 2. The molecular formula is C31H39F2N5O2. The molecule has 2 aromatic heterocycles. The van der Waals surface area contributed by atoms with Gasteiger partial charge >= 0.3 is 0 Å². The quantitative estimate of drug-likeness (QED) is 0.378. The van der Waals surface area contributed by atoms with Gasteiger partial charge < -0.3 is 9.84 Å². The minimum absolute atomic E-state index is 0.298. The Labute approximate surface area is 234 Å². The van der Waals surface area contributed by atoms with E-state index < -0.39 is 17.4 Å². The van der Waals surface area contributed by atoms with E-state index in [-0.39, 0.29) is 6.54 Å². The van der Waals surface area contributed by atoms with Gasteiger partial charge in [-0.1, -0.05) is 45.0 Å². The third-order valence-corrected chi connectivity index (χ3v) is 8.96. The number of ether oxygens (including phenoxy) is 1. The molecule has 0 unspecified atom stereocenters. The molecule has 0 amide bonds. The molecule has 40 heavy (non-hydrogen) atoms. The number of alkyl halides is 2. The number of benzene rings is 1. The topological polar surface area (TPSA) is 76.3 Å². The van der Waals surface area contributed by atoms with Gasteiger partial charge in [0.15, 0.2) is 5.82 Å². The molecule has 2 saturated heterocycles. The van der Waals surface area contributed by atoms with Crippen LogP contribution in [0, 0.1) is 5.41 Å². The zero-order valence-electron chi connectivity index (χ0n) is 23.6. The van der Waals surface area contributed by atoms with Gasteiger partial charge in [-0.3, -0.25) is 9.88 Å². The van der Waals surface area contributed by atoms with Gasteiger partial charge in [0.2, 0.25) is 0 Å². The minimum Gasteiger partial charge on any atom is -0.381 e. The summed E-state index contributed by atoms with van der Waals surface area (Å²) in [6.07, 6.45) is 5.11. The van der Waals surface area contributed by atoms with Crippen molar-refractivity contribution in [3.05, 3.63) is 65.2 Å². The fourth-order valence-electron chi connectivity index (χ4n) is 6.51. The molecule has 1 N–H and O–H groups in total. The summed E-state index contributed by atoms with van der Waals surface area (Å²) >= 11 is 0. The molecule has 3 aromatic rings. The van der Waals surface area contributed by atoms with Gasteiger partial charge in [-0.2, -0.15) is 5.10 Å². The van der Waals surface area contributed by atoms with E-state index in [2.05, 4.69) is 23.5 Å². The summed E-state index contributed by atoms with van der Waals surface area (Å²) in [5.74, 6) is 2.29. The van der Waals surface area contributed by atoms with Crippen LogP contribution >= 0.6 is 0 Å². The molecule has 9 heteroatoms. The lowest BCUT2D eigenvalue weighted by Gasteiger charge is -2.56. The Balaban J connectivity index is 1.39. The molecule has 1 atom stereocenters. The fourth-order valence-corrected chi connectivity index (χ4v) is 6.51. The Hall–Kier alpha value is -2.75. The summed E-state index contributed by atoms with van der Waals surface area (Å²) in [5, 5.41) is 17.6. The van der Waals surface area contributed by atoms with Crippen LogP contribution in [-0.4, -0.2) is 69.0 Å². The van der Waals surface area contributed by atoms with Crippen molar-refractivity contribution in [2.24, 2.45) is 5.41 Å². The normalized spacial score (nSPS) is 21.5. The van der Waals surface area contributed by atoms with Crippen LogP contribution in [0.4, 0.5) is 8.78 Å². The van der Waals surface area contributed by atoms with Crippen LogP contribution in [0.2, 0.25) is 0 Å². The average molecular weight is 552 g/mol. The first-order chi connectivity index (χ1) is 19.2. The van der Waals surface area contributed by atoms with Crippen LogP contribution in [0.1, 0.15) is 86.8 Å². The zero-order valence-corrected chi connectivity index (χ0v) is 23.6. The Morgan fingerprint density at radius 3 is 2.38 bits per heavy atom. The van der Waals surface area contributed by atoms with Crippen LogP contribution in [0.5, 0.6) is 0 Å². The summed E-state index contributed by atoms with van der Waals surface area (Å²) in [7, 11) is 0. The number of aliphatic hydroxyl groups is 1. The number of nitrogens with zero attached hydrogens (tertiary/aromatic N) is 5. The molecular weight excluding hydrogens is 512 g/mol. The molecule has 0 bridgehead atoms.